The van der Waals surface area contributed by atoms with Crippen LogP contribution >= 0.6 is 11.6 Å². The average molecular weight is 415 g/mol. The molecule has 0 radical (unpaired) electrons. The van der Waals surface area contributed by atoms with E-state index in [-0.39, 0.29) is 15.7 Å². The maximum atomic E-state index is 12.5. The molecule has 2 aromatic rings. The zero-order chi connectivity index (χ0) is 20.0. The summed E-state index contributed by atoms with van der Waals surface area (Å²) < 4.78 is 45.7. The van der Waals surface area contributed by atoms with Gasteiger partial charge in [-0.15, -0.1) is 0 Å². The maximum Gasteiger partial charge on any atom is 0.280 e. The van der Waals surface area contributed by atoms with Gasteiger partial charge in [-0.1, -0.05) is 11.6 Å². The molecule has 0 aliphatic rings. The number of hydrogen-bond acceptors (Lipinski definition) is 7. The van der Waals surface area contributed by atoms with E-state index >= 15 is 0 Å². The first-order valence-corrected chi connectivity index (χ1v) is 9.40. The van der Waals surface area contributed by atoms with Gasteiger partial charge in [0.1, 0.15) is 10.6 Å². The van der Waals surface area contributed by atoms with Gasteiger partial charge in [-0.25, -0.2) is 0 Å². The van der Waals surface area contributed by atoms with E-state index in [2.05, 4.69) is 9.93 Å². The standard InChI is InChI=1S/C17H19ClN2O6S/c1-23-13-6-5-12(18)9-16(13)27(21,22)20-19-10-11-7-14(24-2)17(26-4)15(8-11)25-3/h5-10,20H,1-4H3/b19-10+. The Morgan fingerprint density at radius 2 is 1.52 bits per heavy atom. The van der Waals surface area contributed by atoms with Gasteiger partial charge in [0.25, 0.3) is 10.0 Å². The van der Waals surface area contributed by atoms with Crippen LogP contribution in [0.15, 0.2) is 40.3 Å². The molecule has 0 aliphatic carbocycles. The highest BCUT2D eigenvalue weighted by atomic mass is 35.5. The Bertz CT molecular complexity index is 921. The molecule has 0 bridgehead atoms. The van der Waals surface area contributed by atoms with Gasteiger partial charge in [0.2, 0.25) is 5.75 Å². The topological polar surface area (TPSA) is 95.5 Å². The molecular formula is C17H19ClN2O6S. The van der Waals surface area contributed by atoms with Crippen molar-refractivity contribution in [3.05, 3.63) is 40.9 Å². The van der Waals surface area contributed by atoms with E-state index in [4.69, 9.17) is 30.5 Å². The van der Waals surface area contributed by atoms with Crippen molar-refractivity contribution in [3.8, 4) is 23.0 Å². The lowest BCUT2D eigenvalue weighted by atomic mass is 10.2. The summed E-state index contributed by atoms with van der Waals surface area (Å²) in [4.78, 5) is 1.99. The Labute approximate surface area is 162 Å². The number of halogens is 1. The van der Waals surface area contributed by atoms with Crippen LogP contribution in [0.3, 0.4) is 0 Å². The van der Waals surface area contributed by atoms with Gasteiger partial charge in [0.05, 0.1) is 34.7 Å². The molecule has 0 aromatic heterocycles. The van der Waals surface area contributed by atoms with Crippen molar-refractivity contribution in [2.75, 3.05) is 28.4 Å². The Morgan fingerprint density at radius 1 is 0.926 bits per heavy atom. The van der Waals surface area contributed by atoms with Gasteiger partial charge in [0, 0.05) is 10.6 Å². The largest absolute Gasteiger partial charge is 0.495 e. The fourth-order valence-electron chi connectivity index (χ4n) is 2.26. The zero-order valence-corrected chi connectivity index (χ0v) is 16.7. The number of ether oxygens (including phenoxy) is 4. The second kappa shape index (κ2) is 8.83. The third kappa shape index (κ3) is 4.75. The molecule has 2 rings (SSSR count). The summed E-state index contributed by atoms with van der Waals surface area (Å²) in [5.41, 5.74) is 0.533. The summed E-state index contributed by atoms with van der Waals surface area (Å²) in [6.45, 7) is 0. The molecule has 0 fully saturated rings. The molecule has 0 saturated heterocycles. The normalized spacial score (nSPS) is 11.3. The quantitative estimate of drug-likeness (QED) is 0.527. The number of methoxy groups -OCH3 is 4. The molecular weight excluding hydrogens is 396 g/mol. The Balaban J connectivity index is 2.31. The van der Waals surface area contributed by atoms with E-state index in [0.29, 0.717) is 22.8 Å². The monoisotopic (exact) mass is 414 g/mol. The minimum absolute atomic E-state index is 0.125. The van der Waals surface area contributed by atoms with E-state index in [1.165, 1.54) is 52.9 Å². The van der Waals surface area contributed by atoms with Gasteiger partial charge < -0.3 is 18.9 Å². The van der Waals surface area contributed by atoms with Crippen LogP contribution in [-0.4, -0.2) is 43.1 Å². The highest BCUT2D eigenvalue weighted by Gasteiger charge is 2.19. The molecule has 0 unspecified atom stereocenters. The Hall–Kier alpha value is -2.65. The lowest BCUT2D eigenvalue weighted by Gasteiger charge is -2.12. The highest BCUT2D eigenvalue weighted by Crippen LogP contribution is 2.37. The van der Waals surface area contributed by atoms with Crippen molar-refractivity contribution in [1.82, 2.24) is 4.83 Å². The first-order valence-electron chi connectivity index (χ1n) is 7.54. The minimum atomic E-state index is -3.98. The van der Waals surface area contributed by atoms with Gasteiger partial charge >= 0.3 is 0 Å². The number of sulfonamides is 1. The molecule has 0 atom stereocenters. The summed E-state index contributed by atoms with van der Waals surface area (Å²) in [6.07, 6.45) is 1.30. The molecule has 10 heteroatoms. The van der Waals surface area contributed by atoms with Crippen molar-refractivity contribution in [3.63, 3.8) is 0 Å². The smallest absolute Gasteiger partial charge is 0.280 e. The van der Waals surface area contributed by atoms with Crippen molar-refractivity contribution in [1.29, 1.82) is 0 Å². The van der Waals surface area contributed by atoms with Crippen LogP contribution in [0.4, 0.5) is 0 Å². The Kier molecular flexibility index (Phi) is 6.75. The third-order valence-corrected chi connectivity index (χ3v) is 4.97. The van der Waals surface area contributed by atoms with E-state index in [9.17, 15) is 8.42 Å². The lowest BCUT2D eigenvalue weighted by Crippen LogP contribution is -2.19. The molecule has 27 heavy (non-hydrogen) atoms. The van der Waals surface area contributed by atoms with Crippen LogP contribution in [0.1, 0.15) is 5.56 Å². The molecule has 146 valence electrons. The predicted octanol–water partition coefficient (Wildman–Crippen LogP) is 2.69. The summed E-state index contributed by atoms with van der Waals surface area (Å²) >= 11 is 5.88. The van der Waals surface area contributed by atoms with Gasteiger partial charge in [-0.05, 0) is 30.3 Å². The fourth-order valence-corrected chi connectivity index (χ4v) is 3.48. The van der Waals surface area contributed by atoms with E-state index in [1.807, 2.05) is 0 Å². The van der Waals surface area contributed by atoms with Crippen LogP contribution in [0.2, 0.25) is 5.02 Å². The van der Waals surface area contributed by atoms with Crippen LogP contribution in [-0.2, 0) is 10.0 Å². The molecule has 0 spiro atoms. The summed E-state index contributed by atoms with van der Waals surface area (Å²) in [5, 5.41) is 4.04. The lowest BCUT2D eigenvalue weighted by molar-refractivity contribution is 0.324. The zero-order valence-electron chi connectivity index (χ0n) is 15.1. The number of hydrazone groups is 1. The van der Waals surface area contributed by atoms with Crippen molar-refractivity contribution >= 4 is 27.8 Å². The predicted molar refractivity (Wildman–Crippen MR) is 102 cm³/mol. The number of rotatable bonds is 8. The molecule has 2 aromatic carbocycles. The van der Waals surface area contributed by atoms with Crippen molar-refractivity contribution < 1.29 is 27.4 Å². The Morgan fingerprint density at radius 3 is 2.04 bits per heavy atom. The van der Waals surface area contributed by atoms with Gasteiger partial charge in [-0.2, -0.15) is 18.4 Å². The fraction of sp³-hybridized carbons (Fsp3) is 0.235. The molecule has 1 N–H and O–H groups in total. The van der Waals surface area contributed by atoms with Crippen LogP contribution < -0.4 is 23.8 Å². The van der Waals surface area contributed by atoms with Crippen LogP contribution in [0.5, 0.6) is 23.0 Å². The molecule has 0 saturated carbocycles. The average Bonchev–Trinajstić information content (AvgIpc) is 2.66. The van der Waals surface area contributed by atoms with Crippen LogP contribution in [0.25, 0.3) is 0 Å². The first-order chi connectivity index (χ1) is 12.9. The number of nitrogens with zero attached hydrogens (tertiary/aromatic N) is 1. The molecule has 8 nitrogen and oxygen atoms in total. The highest BCUT2D eigenvalue weighted by molar-refractivity contribution is 7.89. The van der Waals surface area contributed by atoms with E-state index in [0.717, 1.165) is 0 Å². The van der Waals surface area contributed by atoms with Gasteiger partial charge in [-0.3, -0.25) is 0 Å². The second-order valence-corrected chi connectivity index (χ2v) is 7.17. The number of nitrogens with one attached hydrogen (secondary N) is 1. The summed E-state index contributed by atoms with van der Waals surface area (Å²) in [7, 11) is 1.82. The van der Waals surface area contributed by atoms with Crippen LogP contribution in [0, 0.1) is 0 Å². The van der Waals surface area contributed by atoms with Crippen molar-refractivity contribution in [2.24, 2.45) is 5.10 Å². The van der Waals surface area contributed by atoms with E-state index < -0.39 is 10.0 Å². The molecule has 0 heterocycles. The number of benzene rings is 2. The van der Waals surface area contributed by atoms with Gasteiger partial charge in [0.15, 0.2) is 11.5 Å². The molecule has 0 amide bonds. The first kappa shape index (κ1) is 20.7. The molecule has 0 aliphatic heterocycles. The SMILES string of the molecule is COc1ccc(Cl)cc1S(=O)(=O)N/N=C/c1cc(OC)c(OC)c(OC)c1. The summed E-state index contributed by atoms with van der Waals surface area (Å²) in [6, 6.07) is 7.51. The maximum absolute atomic E-state index is 12.5. The third-order valence-electron chi connectivity index (χ3n) is 3.49. The van der Waals surface area contributed by atoms with E-state index in [1.54, 1.807) is 12.1 Å². The number of hydrogen-bond donors (Lipinski definition) is 1. The summed E-state index contributed by atoms with van der Waals surface area (Å²) in [5.74, 6) is 1.40. The minimum Gasteiger partial charge on any atom is -0.495 e. The second-order valence-electron chi connectivity index (χ2n) is 5.11. The van der Waals surface area contributed by atoms with Crippen molar-refractivity contribution in [2.45, 2.75) is 4.90 Å².